The zero-order chi connectivity index (χ0) is 32.3. The zero-order valence-electron chi connectivity index (χ0n) is 27.1. The third-order valence-electron chi connectivity index (χ3n) is 8.80. The summed E-state index contributed by atoms with van der Waals surface area (Å²) in [5.41, 5.74) is 1.76. The second-order valence-electron chi connectivity index (χ2n) is 11.8. The first-order chi connectivity index (χ1) is 22.4. The standard InChI is InChI=1S/C34H46ClN7O3S/c1-24(25-10-5-4-6-11-25)42(23-26-15-16-27(22-30(26)44-3)45-19-9-14-31(43)36-2)34-39-32(37-29-13-8-7-12-28(29)35)38-33(40-34)41-17-20-46-21-18-41/h7-8,12-13,15-16,22,24-25H,4-6,9-11,14,17-21,23H2,1-3H3,(H,36,43)(H,37,38,39,40). The first-order valence-corrected chi connectivity index (χ1v) is 17.9. The average molecular weight is 668 g/mol. The van der Waals surface area contributed by atoms with E-state index >= 15 is 0 Å². The Hall–Kier alpha value is -3.44. The fourth-order valence-electron chi connectivity index (χ4n) is 6.07. The number of rotatable bonds is 14. The van der Waals surface area contributed by atoms with Crippen molar-refractivity contribution in [2.24, 2.45) is 5.92 Å². The lowest BCUT2D eigenvalue weighted by Gasteiger charge is -2.37. The molecular formula is C34H46ClN7O3S. The van der Waals surface area contributed by atoms with Crippen molar-refractivity contribution in [2.45, 2.75) is 64.5 Å². The van der Waals surface area contributed by atoms with Crippen LogP contribution in [0.5, 0.6) is 11.5 Å². The minimum Gasteiger partial charge on any atom is -0.496 e. The molecule has 1 saturated carbocycles. The minimum absolute atomic E-state index is 0.00888. The maximum Gasteiger partial charge on any atom is 0.233 e. The van der Waals surface area contributed by atoms with Crippen molar-refractivity contribution in [1.82, 2.24) is 20.3 Å². The van der Waals surface area contributed by atoms with Crippen LogP contribution >= 0.6 is 23.4 Å². The number of thioether (sulfide) groups is 1. The largest absolute Gasteiger partial charge is 0.496 e. The summed E-state index contributed by atoms with van der Waals surface area (Å²) in [6.45, 7) is 5.08. The Balaban J connectivity index is 1.47. The molecule has 2 heterocycles. The second-order valence-corrected chi connectivity index (χ2v) is 13.5. The van der Waals surface area contributed by atoms with Crippen LogP contribution in [0.3, 0.4) is 0 Å². The lowest BCUT2D eigenvalue weighted by molar-refractivity contribution is -0.120. The molecule has 2 N–H and O–H groups in total. The van der Waals surface area contributed by atoms with Crippen molar-refractivity contribution in [3.8, 4) is 11.5 Å². The lowest BCUT2D eigenvalue weighted by atomic mass is 9.84. The van der Waals surface area contributed by atoms with Gasteiger partial charge in [0.25, 0.3) is 0 Å². The Bertz CT molecular complexity index is 1440. The van der Waals surface area contributed by atoms with E-state index in [1.807, 2.05) is 48.2 Å². The van der Waals surface area contributed by atoms with Gasteiger partial charge in [-0.3, -0.25) is 4.79 Å². The molecule has 0 spiro atoms. The summed E-state index contributed by atoms with van der Waals surface area (Å²) in [4.78, 5) is 31.2. The highest BCUT2D eigenvalue weighted by molar-refractivity contribution is 7.99. The van der Waals surface area contributed by atoms with Crippen LogP contribution in [0.25, 0.3) is 0 Å². The number of aromatic nitrogens is 3. The number of hydrogen-bond donors (Lipinski definition) is 2. The molecule has 0 bridgehead atoms. The third kappa shape index (κ3) is 9.09. The molecular weight excluding hydrogens is 622 g/mol. The van der Waals surface area contributed by atoms with Crippen LogP contribution in [0.2, 0.25) is 5.02 Å². The van der Waals surface area contributed by atoms with Crippen LogP contribution in [0, 0.1) is 5.92 Å². The number of anilines is 4. The first-order valence-electron chi connectivity index (χ1n) is 16.3. The van der Waals surface area contributed by atoms with Gasteiger partial charge in [0, 0.05) is 62.3 Å². The number of carbonyl (C=O) groups excluding carboxylic acids is 1. The molecule has 2 aromatic carbocycles. The van der Waals surface area contributed by atoms with E-state index in [0.29, 0.717) is 60.5 Å². The molecule has 0 radical (unpaired) electrons. The Morgan fingerprint density at radius 1 is 1.11 bits per heavy atom. The molecule has 248 valence electrons. The van der Waals surface area contributed by atoms with Crippen molar-refractivity contribution in [3.63, 3.8) is 0 Å². The van der Waals surface area contributed by atoms with E-state index in [-0.39, 0.29) is 11.9 Å². The predicted molar refractivity (Wildman–Crippen MR) is 188 cm³/mol. The molecule has 3 aromatic rings. The van der Waals surface area contributed by atoms with Crippen LogP contribution in [0.1, 0.15) is 57.4 Å². The van der Waals surface area contributed by atoms with Crippen LogP contribution in [-0.4, -0.2) is 72.3 Å². The van der Waals surface area contributed by atoms with Gasteiger partial charge in [-0.2, -0.15) is 26.7 Å². The third-order valence-corrected chi connectivity index (χ3v) is 10.1. The summed E-state index contributed by atoms with van der Waals surface area (Å²) in [5, 5.41) is 6.63. The van der Waals surface area contributed by atoms with Crippen LogP contribution in [-0.2, 0) is 11.3 Å². The molecule has 1 unspecified atom stereocenters. The first kappa shape index (κ1) is 33.9. The number of nitrogens with zero attached hydrogens (tertiary/aromatic N) is 5. The monoisotopic (exact) mass is 667 g/mol. The Morgan fingerprint density at radius 2 is 1.89 bits per heavy atom. The van der Waals surface area contributed by atoms with Crippen LogP contribution in [0.4, 0.5) is 23.5 Å². The van der Waals surface area contributed by atoms with Crippen molar-refractivity contribution in [1.29, 1.82) is 0 Å². The van der Waals surface area contributed by atoms with Gasteiger partial charge in [-0.15, -0.1) is 0 Å². The molecule has 12 heteroatoms. The lowest BCUT2D eigenvalue weighted by Crippen LogP contribution is -2.41. The number of hydrogen-bond acceptors (Lipinski definition) is 10. The second kappa shape index (κ2) is 16.9. The van der Waals surface area contributed by atoms with Crippen molar-refractivity contribution < 1.29 is 14.3 Å². The number of halogens is 1. The van der Waals surface area contributed by atoms with Gasteiger partial charge in [-0.05, 0) is 56.4 Å². The SMILES string of the molecule is CNC(=O)CCCOc1ccc(CN(c2nc(Nc3ccccc3Cl)nc(N3CCSCC3)n2)C(C)C2CCCCC2)c(OC)c1. The van der Waals surface area contributed by atoms with Gasteiger partial charge in [0.2, 0.25) is 23.8 Å². The van der Waals surface area contributed by atoms with E-state index in [1.54, 1.807) is 14.2 Å². The molecule has 1 aliphatic heterocycles. The quantitative estimate of drug-likeness (QED) is 0.180. The van der Waals surface area contributed by atoms with Crippen molar-refractivity contribution in [2.75, 3.05) is 60.5 Å². The zero-order valence-corrected chi connectivity index (χ0v) is 28.7. The van der Waals surface area contributed by atoms with E-state index in [2.05, 4.69) is 33.4 Å². The highest BCUT2D eigenvalue weighted by Crippen LogP contribution is 2.35. The van der Waals surface area contributed by atoms with E-state index < -0.39 is 0 Å². The van der Waals surface area contributed by atoms with E-state index in [9.17, 15) is 4.79 Å². The van der Waals surface area contributed by atoms with Gasteiger partial charge >= 0.3 is 0 Å². The molecule has 5 rings (SSSR count). The smallest absolute Gasteiger partial charge is 0.233 e. The van der Waals surface area contributed by atoms with E-state index in [4.69, 9.17) is 36.0 Å². The molecule has 1 saturated heterocycles. The van der Waals surface area contributed by atoms with Gasteiger partial charge in [-0.1, -0.05) is 43.0 Å². The number of ether oxygens (including phenoxy) is 2. The van der Waals surface area contributed by atoms with Gasteiger partial charge in [0.15, 0.2) is 0 Å². The van der Waals surface area contributed by atoms with Crippen LogP contribution in [0.15, 0.2) is 42.5 Å². The summed E-state index contributed by atoms with van der Waals surface area (Å²) in [6.07, 6.45) is 7.20. The number of methoxy groups -OCH3 is 1. The molecule has 1 atom stereocenters. The average Bonchev–Trinajstić information content (AvgIpc) is 3.10. The molecule has 2 fully saturated rings. The number of carbonyl (C=O) groups is 1. The molecule has 46 heavy (non-hydrogen) atoms. The maximum absolute atomic E-state index is 11.6. The van der Waals surface area contributed by atoms with Crippen molar-refractivity contribution >= 4 is 52.8 Å². The number of nitrogens with one attached hydrogen (secondary N) is 2. The van der Waals surface area contributed by atoms with Gasteiger partial charge < -0.3 is 29.9 Å². The van der Waals surface area contributed by atoms with Gasteiger partial charge in [0.05, 0.1) is 24.4 Å². The minimum atomic E-state index is 0.00888. The molecule has 10 nitrogen and oxygen atoms in total. The number of benzene rings is 2. The molecule has 1 aliphatic carbocycles. The maximum atomic E-state index is 11.6. The Morgan fingerprint density at radius 3 is 2.63 bits per heavy atom. The van der Waals surface area contributed by atoms with Gasteiger partial charge in [-0.25, -0.2) is 0 Å². The fraction of sp³-hybridized carbons (Fsp3) is 0.529. The van der Waals surface area contributed by atoms with Crippen LogP contribution < -0.4 is 29.9 Å². The summed E-state index contributed by atoms with van der Waals surface area (Å²) in [7, 11) is 3.33. The predicted octanol–water partition coefficient (Wildman–Crippen LogP) is 6.71. The Labute approximate surface area is 282 Å². The fourth-order valence-corrected chi connectivity index (χ4v) is 7.16. The van der Waals surface area contributed by atoms with E-state index in [0.717, 1.165) is 41.6 Å². The van der Waals surface area contributed by atoms with Crippen molar-refractivity contribution in [3.05, 3.63) is 53.1 Å². The topological polar surface area (TPSA) is 105 Å². The summed E-state index contributed by atoms with van der Waals surface area (Å²) < 4.78 is 11.8. The Kier molecular flexibility index (Phi) is 12.5. The molecule has 1 amide bonds. The van der Waals surface area contributed by atoms with Gasteiger partial charge in [0.1, 0.15) is 11.5 Å². The summed E-state index contributed by atoms with van der Waals surface area (Å²) in [6, 6.07) is 13.8. The molecule has 2 aliphatic rings. The highest BCUT2D eigenvalue weighted by atomic mass is 35.5. The number of amides is 1. The highest BCUT2D eigenvalue weighted by Gasteiger charge is 2.30. The molecule has 1 aromatic heterocycles. The summed E-state index contributed by atoms with van der Waals surface area (Å²) in [5.74, 6) is 5.83. The number of para-hydroxylation sites is 1. The van der Waals surface area contributed by atoms with E-state index in [1.165, 1.54) is 32.1 Å². The normalized spacial score (nSPS) is 16.0. The summed E-state index contributed by atoms with van der Waals surface area (Å²) >= 11 is 8.48.